The van der Waals surface area contributed by atoms with Gasteiger partial charge in [-0.15, -0.1) is 0 Å². The average molecular weight is 620 g/mol. The van der Waals surface area contributed by atoms with Gasteiger partial charge in [0.15, 0.2) is 11.5 Å². The molecule has 0 radical (unpaired) electrons. The van der Waals surface area contributed by atoms with E-state index < -0.39 is 0 Å². The number of amides is 3. The van der Waals surface area contributed by atoms with Crippen LogP contribution in [-0.4, -0.2) is 75.9 Å². The van der Waals surface area contributed by atoms with E-state index in [1.54, 1.807) is 87.9 Å². The number of hydrogen-bond donors (Lipinski definition) is 3. The summed E-state index contributed by atoms with van der Waals surface area (Å²) in [7, 11) is 6.64. The van der Waals surface area contributed by atoms with Crippen LogP contribution in [0.1, 0.15) is 48.5 Å². The number of unbranched alkanes of at least 4 members (excludes halogenated alkanes) is 1. The minimum Gasteiger partial charge on any atom is -0.493 e. The molecule has 4 rings (SSSR count). The number of rotatable bonds is 14. The summed E-state index contributed by atoms with van der Waals surface area (Å²) >= 11 is 0. The van der Waals surface area contributed by atoms with Crippen LogP contribution in [0.15, 0.2) is 60.7 Å². The standard InChI is InChI=1S/C34H45N5O6/c1-6-7-18-39-19-16-29(17-20-39)45-31-14-8-24(22-32(31)43-5)33(40)35-27-11-15-30(25(21-27)23-42-4)44-28-12-9-26(10-13-28)36-34(41)37-38(2)3/h8-15,21-22,29H,6-7,16-20,23H2,1-5H3,(H,35,40)(H2,36,37,41). The smallest absolute Gasteiger partial charge is 0.333 e. The highest BCUT2D eigenvalue weighted by Gasteiger charge is 2.22. The van der Waals surface area contributed by atoms with Crippen molar-refractivity contribution in [3.63, 3.8) is 0 Å². The predicted molar refractivity (Wildman–Crippen MR) is 175 cm³/mol. The van der Waals surface area contributed by atoms with Gasteiger partial charge in [-0.05, 0) is 86.5 Å². The number of nitrogens with one attached hydrogen (secondary N) is 3. The third kappa shape index (κ3) is 10.1. The third-order valence-electron chi connectivity index (χ3n) is 7.37. The SMILES string of the molecule is CCCCN1CCC(Oc2ccc(C(=O)Nc3ccc(Oc4ccc(NC(=O)NN(C)C)cc4)c(COC)c3)cc2OC)CC1. The van der Waals surface area contributed by atoms with Crippen molar-refractivity contribution < 1.29 is 28.5 Å². The average Bonchev–Trinajstić information content (AvgIpc) is 3.02. The minimum atomic E-state index is -0.342. The lowest BCUT2D eigenvalue weighted by atomic mass is 10.1. The molecular weight excluding hydrogens is 574 g/mol. The van der Waals surface area contributed by atoms with Gasteiger partial charge in [-0.3, -0.25) is 10.2 Å². The lowest BCUT2D eigenvalue weighted by Crippen LogP contribution is -2.39. The Kier molecular flexibility index (Phi) is 12.4. The number of piperidine rings is 1. The summed E-state index contributed by atoms with van der Waals surface area (Å²) in [6.07, 6.45) is 4.49. The Bertz CT molecular complexity index is 1410. The van der Waals surface area contributed by atoms with Gasteiger partial charge in [0.1, 0.15) is 17.6 Å². The van der Waals surface area contributed by atoms with Crippen LogP contribution in [0.5, 0.6) is 23.0 Å². The Morgan fingerprint density at radius 3 is 2.27 bits per heavy atom. The first kappa shape index (κ1) is 33.6. The van der Waals surface area contributed by atoms with E-state index in [0.29, 0.717) is 39.9 Å². The fourth-order valence-electron chi connectivity index (χ4n) is 5.04. The topological polar surface area (TPSA) is 114 Å². The van der Waals surface area contributed by atoms with Crippen LogP contribution >= 0.6 is 0 Å². The van der Waals surface area contributed by atoms with E-state index in [1.807, 2.05) is 6.07 Å². The van der Waals surface area contributed by atoms with Gasteiger partial charge in [-0.1, -0.05) is 13.3 Å². The van der Waals surface area contributed by atoms with Gasteiger partial charge in [0.05, 0.1) is 13.7 Å². The molecule has 1 heterocycles. The molecule has 3 aromatic rings. The largest absolute Gasteiger partial charge is 0.493 e. The molecule has 11 nitrogen and oxygen atoms in total. The third-order valence-corrected chi connectivity index (χ3v) is 7.37. The molecule has 0 saturated carbocycles. The Morgan fingerprint density at radius 2 is 1.60 bits per heavy atom. The molecule has 0 atom stereocenters. The first-order valence-corrected chi connectivity index (χ1v) is 15.3. The number of nitrogens with zero attached hydrogens (tertiary/aromatic N) is 2. The molecule has 0 bridgehead atoms. The number of likely N-dealkylation sites (tertiary alicyclic amines) is 1. The van der Waals surface area contributed by atoms with Gasteiger partial charge in [0.25, 0.3) is 5.91 Å². The van der Waals surface area contributed by atoms with Crippen molar-refractivity contribution in [2.24, 2.45) is 0 Å². The van der Waals surface area contributed by atoms with Crippen molar-refractivity contribution in [2.45, 2.75) is 45.3 Å². The van der Waals surface area contributed by atoms with Gasteiger partial charge < -0.3 is 34.5 Å². The molecule has 1 saturated heterocycles. The van der Waals surface area contributed by atoms with E-state index in [1.165, 1.54) is 12.8 Å². The number of hydrazine groups is 1. The van der Waals surface area contributed by atoms with Gasteiger partial charge in [-0.25, -0.2) is 9.80 Å². The summed E-state index contributed by atoms with van der Waals surface area (Å²) < 4.78 is 23.4. The number of urea groups is 1. The van der Waals surface area contributed by atoms with Crippen molar-refractivity contribution in [3.05, 3.63) is 71.8 Å². The van der Waals surface area contributed by atoms with E-state index in [4.69, 9.17) is 18.9 Å². The maximum atomic E-state index is 13.2. The number of methoxy groups -OCH3 is 2. The van der Waals surface area contributed by atoms with Crippen molar-refractivity contribution >= 4 is 23.3 Å². The molecule has 1 aliphatic heterocycles. The molecule has 1 fully saturated rings. The predicted octanol–water partition coefficient (Wildman–Crippen LogP) is 6.13. The fourth-order valence-corrected chi connectivity index (χ4v) is 5.04. The maximum absolute atomic E-state index is 13.2. The van der Waals surface area contributed by atoms with E-state index >= 15 is 0 Å². The van der Waals surface area contributed by atoms with Crippen LogP contribution in [0.2, 0.25) is 0 Å². The Labute approximate surface area is 265 Å². The van der Waals surface area contributed by atoms with Crippen LogP contribution in [0, 0.1) is 0 Å². The highest BCUT2D eigenvalue weighted by atomic mass is 16.5. The lowest BCUT2D eigenvalue weighted by Gasteiger charge is -2.32. The Hall–Kier alpha value is -4.32. The second kappa shape index (κ2) is 16.7. The number of carbonyl (C=O) groups is 2. The number of benzene rings is 3. The van der Waals surface area contributed by atoms with Crippen LogP contribution < -0.4 is 30.3 Å². The van der Waals surface area contributed by atoms with E-state index in [0.717, 1.165) is 38.0 Å². The number of carbonyl (C=O) groups excluding carboxylic acids is 2. The molecule has 242 valence electrons. The molecule has 11 heteroatoms. The van der Waals surface area contributed by atoms with Crippen LogP contribution in [0.4, 0.5) is 16.2 Å². The van der Waals surface area contributed by atoms with Gasteiger partial charge >= 0.3 is 6.03 Å². The molecule has 0 aromatic heterocycles. The number of hydrogen-bond acceptors (Lipinski definition) is 8. The zero-order valence-corrected chi connectivity index (χ0v) is 26.9. The second-order valence-corrected chi connectivity index (χ2v) is 11.2. The highest BCUT2D eigenvalue weighted by molar-refractivity contribution is 6.04. The Balaban J connectivity index is 1.37. The van der Waals surface area contributed by atoms with Crippen molar-refractivity contribution in [1.29, 1.82) is 0 Å². The summed E-state index contributed by atoms with van der Waals surface area (Å²) in [6, 6.07) is 17.3. The zero-order chi connectivity index (χ0) is 32.2. The maximum Gasteiger partial charge on any atom is 0.333 e. The molecule has 1 aliphatic rings. The zero-order valence-electron chi connectivity index (χ0n) is 26.9. The van der Waals surface area contributed by atoms with Gasteiger partial charge in [0.2, 0.25) is 0 Å². The van der Waals surface area contributed by atoms with Gasteiger partial charge in [-0.2, -0.15) is 0 Å². The van der Waals surface area contributed by atoms with Crippen LogP contribution in [0.25, 0.3) is 0 Å². The molecule has 45 heavy (non-hydrogen) atoms. The van der Waals surface area contributed by atoms with Crippen molar-refractivity contribution in [3.8, 4) is 23.0 Å². The van der Waals surface area contributed by atoms with E-state index in [2.05, 4.69) is 27.9 Å². The van der Waals surface area contributed by atoms with Crippen molar-refractivity contribution in [1.82, 2.24) is 15.3 Å². The first-order chi connectivity index (χ1) is 21.8. The summed E-state index contributed by atoms with van der Waals surface area (Å²) in [5, 5.41) is 7.26. The fraction of sp³-hybridized carbons (Fsp3) is 0.412. The number of ether oxygens (including phenoxy) is 4. The normalized spacial score (nSPS) is 13.7. The molecule has 3 amide bonds. The monoisotopic (exact) mass is 619 g/mol. The second-order valence-electron chi connectivity index (χ2n) is 11.2. The van der Waals surface area contributed by atoms with E-state index in [-0.39, 0.29) is 24.6 Å². The summed E-state index contributed by atoms with van der Waals surface area (Å²) in [5.41, 5.74) is 5.05. The van der Waals surface area contributed by atoms with Crippen LogP contribution in [0.3, 0.4) is 0 Å². The quantitative estimate of drug-likeness (QED) is 0.185. The van der Waals surface area contributed by atoms with Gasteiger partial charge in [0, 0.05) is 56.8 Å². The molecular formula is C34H45N5O6. The summed E-state index contributed by atoms with van der Waals surface area (Å²) in [6.45, 7) is 5.70. The minimum absolute atomic E-state index is 0.126. The molecule has 0 unspecified atom stereocenters. The molecule has 3 N–H and O–H groups in total. The highest BCUT2D eigenvalue weighted by Crippen LogP contribution is 2.32. The Morgan fingerprint density at radius 1 is 0.889 bits per heavy atom. The van der Waals surface area contributed by atoms with Crippen LogP contribution in [-0.2, 0) is 11.3 Å². The van der Waals surface area contributed by atoms with Crippen molar-refractivity contribution in [2.75, 3.05) is 58.6 Å². The molecule has 0 spiro atoms. The molecule has 3 aromatic carbocycles. The molecule has 0 aliphatic carbocycles. The lowest BCUT2D eigenvalue weighted by molar-refractivity contribution is 0.0971. The first-order valence-electron chi connectivity index (χ1n) is 15.3. The van der Waals surface area contributed by atoms with E-state index in [9.17, 15) is 9.59 Å². The summed E-state index contributed by atoms with van der Waals surface area (Å²) in [4.78, 5) is 27.6. The summed E-state index contributed by atoms with van der Waals surface area (Å²) in [5.74, 6) is 2.06. The number of anilines is 2.